The molecule has 284 valence electrons. The molecule has 2 aromatic carbocycles. The summed E-state index contributed by atoms with van der Waals surface area (Å²) in [6.45, 7) is 2.82. The summed E-state index contributed by atoms with van der Waals surface area (Å²) in [5, 5.41) is 22.7. The van der Waals surface area contributed by atoms with Crippen molar-refractivity contribution in [1.29, 1.82) is 0 Å². The molecule has 2 N–H and O–H groups in total. The SMILES string of the molecule is CCCCCCCCCCCCCCCCCC(=O)O[C@H](C(=O)OC1=CC[C@@]2(O)[C@H]3Cc4ccc(CO)c5c4[C@@]2(CCN3C)[C@H]1O5)c1ccccc1. The van der Waals surface area contributed by atoms with E-state index in [4.69, 9.17) is 14.2 Å². The number of esters is 2. The number of rotatable bonds is 21. The van der Waals surface area contributed by atoms with Gasteiger partial charge in [-0.3, -0.25) is 4.79 Å². The van der Waals surface area contributed by atoms with Crippen LogP contribution >= 0.6 is 0 Å². The van der Waals surface area contributed by atoms with E-state index in [1.807, 2.05) is 37.4 Å². The summed E-state index contributed by atoms with van der Waals surface area (Å²) in [4.78, 5) is 29.4. The van der Waals surface area contributed by atoms with Crippen molar-refractivity contribution in [2.24, 2.45) is 0 Å². The van der Waals surface area contributed by atoms with Crippen LogP contribution in [0.5, 0.6) is 5.75 Å². The standard InChI is InChI=1S/C44H61NO7/c1-3-4-5-6-7-8-9-10-11-12-13-14-15-16-20-23-37(47)51-40(32-21-18-17-19-22-32)42(48)50-35-26-27-44(49)36-30-33-24-25-34(31-46)39-38(33)43(44,41(35)52-39)28-29-45(36)2/h17-19,21-22,24-26,36,40-41,46,49H,3-16,20,23,27-31H2,1-2H3/t36-,40+,41+,43+,44-/m1/s1. The number of likely N-dealkylation sites (N-methyl/N-ethyl adjacent to an activating group) is 1. The molecule has 6 rings (SSSR count). The first-order valence-corrected chi connectivity index (χ1v) is 20.4. The zero-order valence-electron chi connectivity index (χ0n) is 31.6. The molecule has 1 saturated heterocycles. The number of hydrogen-bond acceptors (Lipinski definition) is 8. The number of hydrogen-bond donors (Lipinski definition) is 2. The molecule has 0 amide bonds. The average Bonchev–Trinajstić information content (AvgIpc) is 3.51. The maximum absolute atomic E-state index is 14.0. The minimum atomic E-state index is -1.23. The highest BCUT2D eigenvalue weighted by Gasteiger charge is 2.72. The highest BCUT2D eigenvalue weighted by atomic mass is 16.6. The van der Waals surface area contributed by atoms with Crippen LogP contribution in [0, 0.1) is 0 Å². The van der Waals surface area contributed by atoms with Gasteiger partial charge in [0.15, 0.2) is 6.10 Å². The molecular formula is C44H61NO7. The van der Waals surface area contributed by atoms with E-state index in [2.05, 4.69) is 11.8 Å². The van der Waals surface area contributed by atoms with E-state index in [-0.39, 0.29) is 19.1 Å². The van der Waals surface area contributed by atoms with Crippen molar-refractivity contribution < 1.29 is 34.0 Å². The van der Waals surface area contributed by atoms with Gasteiger partial charge < -0.3 is 29.3 Å². The fourth-order valence-corrected chi connectivity index (χ4v) is 9.51. The van der Waals surface area contributed by atoms with E-state index < -0.39 is 35.2 Å². The number of carbonyl (C=O) groups is 2. The zero-order chi connectivity index (χ0) is 36.6. The quantitative estimate of drug-likeness (QED) is 0.0979. The van der Waals surface area contributed by atoms with Crippen LogP contribution in [0.4, 0.5) is 0 Å². The maximum atomic E-state index is 14.0. The Hall–Kier alpha value is -3.20. The Kier molecular flexibility index (Phi) is 13.1. The Morgan fingerprint density at radius 1 is 0.904 bits per heavy atom. The van der Waals surface area contributed by atoms with Gasteiger partial charge in [0.05, 0.1) is 17.6 Å². The van der Waals surface area contributed by atoms with Crippen LogP contribution < -0.4 is 4.74 Å². The molecule has 2 aliphatic heterocycles. The molecule has 4 aliphatic rings. The maximum Gasteiger partial charge on any atom is 0.357 e. The van der Waals surface area contributed by atoms with Gasteiger partial charge in [-0.1, -0.05) is 139 Å². The fraction of sp³-hybridized carbons (Fsp3) is 0.636. The summed E-state index contributed by atoms with van der Waals surface area (Å²) in [7, 11) is 2.05. The van der Waals surface area contributed by atoms with Gasteiger partial charge in [0, 0.05) is 35.6 Å². The topological polar surface area (TPSA) is 106 Å². The fourth-order valence-electron chi connectivity index (χ4n) is 9.51. The molecule has 1 spiro atoms. The number of piperidine rings is 1. The lowest BCUT2D eigenvalue weighted by Crippen LogP contribution is -2.74. The van der Waals surface area contributed by atoms with Crippen molar-refractivity contribution in [2.75, 3.05) is 13.6 Å². The second kappa shape index (κ2) is 17.7. The van der Waals surface area contributed by atoms with Gasteiger partial charge in [-0.2, -0.15) is 0 Å². The Morgan fingerprint density at radius 2 is 1.54 bits per heavy atom. The smallest absolute Gasteiger partial charge is 0.357 e. The van der Waals surface area contributed by atoms with Crippen molar-refractivity contribution in [3.05, 3.63) is 76.6 Å². The minimum Gasteiger partial charge on any atom is -0.481 e. The van der Waals surface area contributed by atoms with Gasteiger partial charge in [0.1, 0.15) is 11.5 Å². The van der Waals surface area contributed by atoms with E-state index in [9.17, 15) is 19.8 Å². The van der Waals surface area contributed by atoms with E-state index >= 15 is 0 Å². The van der Waals surface area contributed by atoms with Crippen molar-refractivity contribution >= 4 is 11.9 Å². The van der Waals surface area contributed by atoms with E-state index in [0.717, 1.165) is 36.9 Å². The highest BCUT2D eigenvalue weighted by Crippen LogP contribution is 2.64. The molecule has 8 nitrogen and oxygen atoms in total. The Morgan fingerprint density at radius 3 is 2.17 bits per heavy atom. The summed E-state index contributed by atoms with van der Waals surface area (Å²) in [6.07, 6.45) is 20.4. The van der Waals surface area contributed by atoms with Crippen LogP contribution in [0.15, 0.2) is 54.3 Å². The van der Waals surface area contributed by atoms with Crippen LogP contribution in [-0.2, 0) is 37.5 Å². The number of benzene rings is 2. The number of unbranched alkanes of at least 4 members (excludes halogenated alkanes) is 14. The van der Waals surface area contributed by atoms with Crippen molar-refractivity contribution in [3.8, 4) is 5.75 Å². The number of aliphatic hydroxyl groups excluding tert-OH is 1. The molecule has 2 aromatic rings. The van der Waals surface area contributed by atoms with E-state index in [1.54, 1.807) is 18.2 Å². The molecule has 0 unspecified atom stereocenters. The lowest BCUT2D eigenvalue weighted by molar-refractivity contribution is -0.176. The average molecular weight is 716 g/mol. The monoisotopic (exact) mass is 715 g/mol. The molecule has 0 aromatic heterocycles. The molecule has 8 heteroatoms. The van der Waals surface area contributed by atoms with Crippen molar-refractivity contribution in [1.82, 2.24) is 4.90 Å². The first-order chi connectivity index (χ1) is 25.3. The Balaban J connectivity index is 1.02. The number of carbonyl (C=O) groups excluding carboxylic acids is 2. The van der Waals surface area contributed by atoms with Crippen LogP contribution in [0.2, 0.25) is 0 Å². The predicted octanol–water partition coefficient (Wildman–Crippen LogP) is 8.55. The summed E-state index contributed by atoms with van der Waals surface area (Å²) in [5.74, 6) is -0.194. The molecule has 0 radical (unpaired) electrons. The van der Waals surface area contributed by atoms with Gasteiger partial charge in [0.25, 0.3) is 0 Å². The molecule has 52 heavy (non-hydrogen) atoms. The second-order valence-electron chi connectivity index (χ2n) is 15.8. The summed E-state index contributed by atoms with van der Waals surface area (Å²) in [5.41, 5.74) is 1.27. The number of likely N-dealkylation sites (tertiary alicyclic amines) is 1. The normalized spacial score (nSPS) is 24.8. The summed E-state index contributed by atoms with van der Waals surface area (Å²) in [6, 6.07) is 12.8. The van der Waals surface area contributed by atoms with E-state index in [0.29, 0.717) is 41.9 Å². The van der Waals surface area contributed by atoms with Crippen molar-refractivity contribution in [3.63, 3.8) is 0 Å². The predicted molar refractivity (Wildman–Crippen MR) is 202 cm³/mol. The Labute approximate surface area is 310 Å². The molecule has 2 heterocycles. The highest BCUT2D eigenvalue weighted by molar-refractivity contribution is 5.82. The molecule has 5 atom stereocenters. The molecule has 2 aliphatic carbocycles. The first-order valence-electron chi connectivity index (χ1n) is 20.4. The lowest BCUT2D eigenvalue weighted by atomic mass is 9.50. The molecule has 0 saturated carbocycles. The van der Waals surface area contributed by atoms with E-state index in [1.165, 1.54) is 77.0 Å². The van der Waals surface area contributed by atoms with Gasteiger partial charge >= 0.3 is 11.9 Å². The van der Waals surface area contributed by atoms with Crippen LogP contribution in [0.1, 0.15) is 151 Å². The van der Waals surface area contributed by atoms with Gasteiger partial charge in [-0.25, -0.2) is 4.79 Å². The number of nitrogens with zero attached hydrogens (tertiary/aromatic N) is 1. The Bertz CT molecular complexity index is 1540. The minimum absolute atomic E-state index is 0.128. The van der Waals surface area contributed by atoms with Gasteiger partial charge in [-0.15, -0.1) is 0 Å². The van der Waals surface area contributed by atoms with Gasteiger partial charge in [0.2, 0.25) is 6.10 Å². The molecular weight excluding hydrogens is 654 g/mol. The van der Waals surface area contributed by atoms with Crippen LogP contribution in [0.25, 0.3) is 0 Å². The third-order valence-electron chi connectivity index (χ3n) is 12.4. The van der Waals surface area contributed by atoms with Crippen LogP contribution in [-0.4, -0.2) is 58.4 Å². The van der Waals surface area contributed by atoms with Gasteiger partial charge in [-0.05, 0) is 44.5 Å². The molecule has 1 fully saturated rings. The second-order valence-corrected chi connectivity index (χ2v) is 15.8. The zero-order valence-corrected chi connectivity index (χ0v) is 31.6. The molecule has 2 bridgehead atoms. The third kappa shape index (κ3) is 7.85. The lowest BCUT2D eigenvalue weighted by Gasteiger charge is -2.61. The summed E-state index contributed by atoms with van der Waals surface area (Å²) >= 11 is 0. The number of ether oxygens (including phenoxy) is 3. The third-order valence-corrected chi connectivity index (χ3v) is 12.4. The number of aliphatic hydroxyl groups is 2. The summed E-state index contributed by atoms with van der Waals surface area (Å²) < 4.78 is 18.7. The van der Waals surface area contributed by atoms with Crippen molar-refractivity contribution in [2.45, 2.75) is 165 Å². The van der Waals surface area contributed by atoms with Crippen LogP contribution in [0.3, 0.4) is 0 Å². The first kappa shape index (κ1) is 38.5. The largest absolute Gasteiger partial charge is 0.481 e.